The molecule has 0 aliphatic rings. The second-order valence-corrected chi connectivity index (χ2v) is 3.57. The number of fused-ring (bicyclic) bond motifs is 1. The first-order valence-corrected chi connectivity index (χ1v) is 4.75. The molecule has 2 rings (SSSR count). The van der Waals surface area contributed by atoms with Crippen LogP contribution in [-0.2, 0) is 0 Å². The topological polar surface area (TPSA) is 59.4 Å². The third-order valence-corrected chi connectivity index (χ3v) is 2.82. The Hall–Kier alpha value is -1.62. The molecule has 0 saturated carbocycles. The molecule has 0 aromatic carbocycles. The highest BCUT2D eigenvalue weighted by Gasteiger charge is 2.13. The van der Waals surface area contributed by atoms with Crippen LogP contribution in [0.15, 0.2) is 17.6 Å². The van der Waals surface area contributed by atoms with Crippen molar-refractivity contribution in [1.82, 2.24) is 4.98 Å². The number of aromatic carboxylic acids is 1. The highest BCUT2D eigenvalue weighted by Crippen LogP contribution is 2.30. The summed E-state index contributed by atoms with van der Waals surface area (Å²) in [4.78, 5) is 14.8. The van der Waals surface area contributed by atoms with Gasteiger partial charge in [-0.15, -0.1) is 11.3 Å². The molecule has 0 atom stereocenters. The van der Waals surface area contributed by atoms with E-state index in [-0.39, 0.29) is 5.56 Å². The van der Waals surface area contributed by atoms with Gasteiger partial charge in [0.2, 0.25) is 5.88 Å². The largest absolute Gasteiger partial charge is 0.481 e. The molecule has 0 amide bonds. The summed E-state index contributed by atoms with van der Waals surface area (Å²) in [5.74, 6) is -0.501. The number of carbonyl (C=O) groups is 1. The van der Waals surface area contributed by atoms with Crippen LogP contribution in [0.2, 0.25) is 0 Å². The van der Waals surface area contributed by atoms with Crippen LogP contribution in [0, 0.1) is 0 Å². The summed E-state index contributed by atoms with van der Waals surface area (Å²) in [5, 5.41) is 11.5. The number of hydrogen-bond acceptors (Lipinski definition) is 4. The quantitative estimate of drug-likeness (QED) is 0.821. The number of thiophene rings is 1. The van der Waals surface area contributed by atoms with Gasteiger partial charge in [0.05, 0.1) is 22.8 Å². The molecule has 4 nitrogen and oxygen atoms in total. The molecular weight excluding hydrogens is 202 g/mol. The molecule has 2 aromatic rings. The third kappa shape index (κ3) is 1.22. The van der Waals surface area contributed by atoms with E-state index in [2.05, 4.69) is 4.98 Å². The molecule has 0 radical (unpaired) electrons. The SMILES string of the molecule is COc1ncc(C(=O)O)c2sccc12. The molecule has 0 aliphatic heterocycles. The average Bonchev–Trinajstić information content (AvgIpc) is 2.64. The molecule has 0 spiro atoms. The highest BCUT2D eigenvalue weighted by molar-refractivity contribution is 7.17. The Morgan fingerprint density at radius 2 is 2.43 bits per heavy atom. The first kappa shape index (κ1) is 8.96. The minimum absolute atomic E-state index is 0.218. The Morgan fingerprint density at radius 3 is 3.07 bits per heavy atom. The normalized spacial score (nSPS) is 10.4. The minimum Gasteiger partial charge on any atom is -0.481 e. The second-order valence-electron chi connectivity index (χ2n) is 2.65. The van der Waals surface area contributed by atoms with E-state index in [4.69, 9.17) is 9.84 Å². The van der Waals surface area contributed by atoms with Crippen LogP contribution < -0.4 is 4.74 Å². The molecule has 1 N–H and O–H groups in total. The van der Waals surface area contributed by atoms with Gasteiger partial charge >= 0.3 is 5.97 Å². The smallest absolute Gasteiger partial charge is 0.338 e. The monoisotopic (exact) mass is 209 g/mol. The predicted octanol–water partition coefficient (Wildman–Crippen LogP) is 2.00. The summed E-state index contributed by atoms with van der Waals surface area (Å²) in [6, 6.07) is 1.80. The summed E-state index contributed by atoms with van der Waals surface area (Å²) in [5.41, 5.74) is 0.218. The van der Waals surface area contributed by atoms with Gasteiger partial charge in [0.25, 0.3) is 0 Å². The molecule has 2 aromatic heterocycles. The molecule has 0 saturated heterocycles. The van der Waals surface area contributed by atoms with Crippen LogP contribution in [-0.4, -0.2) is 23.2 Å². The lowest BCUT2D eigenvalue weighted by Gasteiger charge is -2.01. The van der Waals surface area contributed by atoms with Crippen molar-refractivity contribution in [2.75, 3.05) is 7.11 Å². The van der Waals surface area contributed by atoms with E-state index in [0.29, 0.717) is 10.6 Å². The van der Waals surface area contributed by atoms with Crippen molar-refractivity contribution < 1.29 is 14.6 Å². The van der Waals surface area contributed by atoms with Crippen LogP contribution in [0.5, 0.6) is 5.88 Å². The van der Waals surface area contributed by atoms with Crippen LogP contribution in [0.4, 0.5) is 0 Å². The van der Waals surface area contributed by atoms with Crippen LogP contribution >= 0.6 is 11.3 Å². The van der Waals surface area contributed by atoms with Crippen LogP contribution in [0.25, 0.3) is 10.1 Å². The lowest BCUT2D eigenvalue weighted by atomic mass is 10.2. The summed E-state index contributed by atoms with van der Waals surface area (Å²) >= 11 is 1.37. The average molecular weight is 209 g/mol. The fourth-order valence-electron chi connectivity index (χ4n) is 1.25. The van der Waals surface area contributed by atoms with Gasteiger partial charge in [-0.05, 0) is 11.4 Å². The predicted molar refractivity (Wildman–Crippen MR) is 53.1 cm³/mol. The highest BCUT2D eigenvalue weighted by atomic mass is 32.1. The van der Waals surface area contributed by atoms with Crippen molar-refractivity contribution in [3.8, 4) is 5.88 Å². The van der Waals surface area contributed by atoms with Gasteiger partial charge in [0.1, 0.15) is 0 Å². The zero-order valence-corrected chi connectivity index (χ0v) is 8.17. The number of carboxylic acid groups (broad SMARTS) is 1. The van der Waals surface area contributed by atoms with E-state index in [1.165, 1.54) is 24.6 Å². The second kappa shape index (κ2) is 3.26. The van der Waals surface area contributed by atoms with Gasteiger partial charge in [-0.3, -0.25) is 0 Å². The zero-order valence-electron chi connectivity index (χ0n) is 7.35. The lowest BCUT2D eigenvalue weighted by molar-refractivity contribution is 0.0699. The molecule has 0 aliphatic carbocycles. The van der Waals surface area contributed by atoms with E-state index in [9.17, 15) is 4.79 Å². The Balaban J connectivity index is 2.78. The van der Waals surface area contributed by atoms with Crippen LogP contribution in [0.1, 0.15) is 10.4 Å². The number of methoxy groups -OCH3 is 1. The van der Waals surface area contributed by atoms with E-state index in [1.807, 2.05) is 5.38 Å². The number of carboxylic acids is 1. The van der Waals surface area contributed by atoms with E-state index < -0.39 is 5.97 Å². The lowest BCUT2D eigenvalue weighted by Crippen LogP contribution is -1.98. The number of aromatic nitrogens is 1. The molecule has 0 bridgehead atoms. The van der Waals surface area contributed by atoms with Gasteiger partial charge in [0, 0.05) is 6.20 Å². The Bertz CT molecular complexity index is 492. The van der Waals surface area contributed by atoms with Gasteiger partial charge in [-0.25, -0.2) is 9.78 Å². The number of hydrogen-bond donors (Lipinski definition) is 1. The molecule has 0 fully saturated rings. The number of nitrogens with zero attached hydrogens (tertiary/aromatic N) is 1. The van der Waals surface area contributed by atoms with Gasteiger partial charge in [-0.2, -0.15) is 0 Å². The molecule has 5 heteroatoms. The summed E-state index contributed by atoms with van der Waals surface area (Å²) < 4.78 is 5.72. The number of pyridine rings is 1. The molecule has 0 unspecified atom stereocenters. The fraction of sp³-hybridized carbons (Fsp3) is 0.111. The molecular formula is C9H7NO3S. The van der Waals surface area contributed by atoms with Crippen molar-refractivity contribution in [2.24, 2.45) is 0 Å². The molecule has 14 heavy (non-hydrogen) atoms. The third-order valence-electron chi connectivity index (χ3n) is 1.87. The van der Waals surface area contributed by atoms with E-state index in [1.54, 1.807) is 6.07 Å². The number of rotatable bonds is 2. The van der Waals surface area contributed by atoms with Crippen molar-refractivity contribution in [2.45, 2.75) is 0 Å². The van der Waals surface area contributed by atoms with Crippen molar-refractivity contribution in [1.29, 1.82) is 0 Å². The minimum atomic E-state index is -0.965. The maximum atomic E-state index is 10.8. The van der Waals surface area contributed by atoms with Gasteiger partial charge < -0.3 is 9.84 Å². The first-order valence-electron chi connectivity index (χ1n) is 3.87. The Kier molecular flexibility index (Phi) is 2.09. The van der Waals surface area contributed by atoms with Crippen molar-refractivity contribution in [3.05, 3.63) is 23.2 Å². The fourth-order valence-corrected chi connectivity index (χ4v) is 2.14. The summed E-state index contributed by atoms with van der Waals surface area (Å²) in [6.45, 7) is 0. The Morgan fingerprint density at radius 1 is 1.64 bits per heavy atom. The maximum Gasteiger partial charge on any atom is 0.338 e. The molecule has 72 valence electrons. The van der Waals surface area contributed by atoms with E-state index >= 15 is 0 Å². The Labute approximate surface area is 83.8 Å². The van der Waals surface area contributed by atoms with E-state index in [0.717, 1.165) is 5.39 Å². The van der Waals surface area contributed by atoms with Crippen molar-refractivity contribution in [3.63, 3.8) is 0 Å². The van der Waals surface area contributed by atoms with Crippen LogP contribution in [0.3, 0.4) is 0 Å². The zero-order chi connectivity index (χ0) is 10.1. The first-order chi connectivity index (χ1) is 6.74. The summed E-state index contributed by atoms with van der Waals surface area (Å²) in [7, 11) is 1.51. The maximum absolute atomic E-state index is 10.8. The molecule has 2 heterocycles. The standard InChI is InChI=1S/C9H7NO3S/c1-13-8-5-2-3-14-7(5)6(4-10-8)9(11)12/h2-4H,1H3,(H,11,12). The van der Waals surface area contributed by atoms with Gasteiger partial charge in [-0.1, -0.05) is 0 Å². The van der Waals surface area contributed by atoms with Crippen molar-refractivity contribution >= 4 is 27.4 Å². The number of ether oxygens (including phenoxy) is 1. The summed E-state index contributed by atoms with van der Waals surface area (Å²) in [6.07, 6.45) is 1.32. The van der Waals surface area contributed by atoms with Gasteiger partial charge in [0.15, 0.2) is 0 Å².